The molecule has 2 N–H and O–H groups in total. The van der Waals surface area contributed by atoms with Crippen LogP contribution in [0.1, 0.15) is 39.5 Å². The third kappa shape index (κ3) is 3.40. The van der Waals surface area contributed by atoms with Crippen LogP contribution in [-0.2, 0) is 4.79 Å². The second-order valence-corrected chi connectivity index (χ2v) is 4.34. The van der Waals surface area contributed by atoms with Crippen molar-refractivity contribution in [3.05, 3.63) is 0 Å². The molecular weight excluding hydrogens is 208 g/mol. The topological polar surface area (TPSA) is 69.6 Å². The van der Waals surface area contributed by atoms with Crippen LogP contribution >= 0.6 is 0 Å². The number of carboxylic acid groups (broad SMARTS) is 1. The molecule has 5 heteroatoms. The van der Waals surface area contributed by atoms with Gasteiger partial charge in [0.05, 0.1) is 6.42 Å². The van der Waals surface area contributed by atoms with E-state index < -0.39 is 5.97 Å². The minimum atomic E-state index is -0.873. The molecule has 2 unspecified atom stereocenters. The summed E-state index contributed by atoms with van der Waals surface area (Å²) in [6.07, 6.45) is 2.69. The summed E-state index contributed by atoms with van der Waals surface area (Å²) in [4.78, 5) is 24.2. The van der Waals surface area contributed by atoms with Crippen LogP contribution in [0.3, 0.4) is 0 Å². The summed E-state index contributed by atoms with van der Waals surface area (Å²) >= 11 is 0. The Hall–Kier alpha value is -1.26. The maximum Gasteiger partial charge on any atom is 0.317 e. The summed E-state index contributed by atoms with van der Waals surface area (Å²) in [5, 5.41) is 11.5. The van der Waals surface area contributed by atoms with Crippen LogP contribution in [-0.4, -0.2) is 40.6 Å². The fourth-order valence-electron chi connectivity index (χ4n) is 2.00. The summed E-state index contributed by atoms with van der Waals surface area (Å²) in [6.45, 7) is 4.67. The summed E-state index contributed by atoms with van der Waals surface area (Å²) in [7, 11) is 0. The largest absolute Gasteiger partial charge is 0.481 e. The first-order valence-electron chi connectivity index (χ1n) is 5.83. The van der Waals surface area contributed by atoms with Crippen molar-refractivity contribution in [2.24, 2.45) is 0 Å². The van der Waals surface area contributed by atoms with Crippen molar-refractivity contribution >= 4 is 12.0 Å². The Morgan fingerprint density at radius 3 is 2.69 bits per heavy atom. The molecule has 1 rings (SSSR count). The molecule has 5 nitrogen and oxygen atoms in total. The molecule has 0 radical (unpaired) electrons. The predicted octanol–water partition coefficient (Wildman–Crippen LogP) is 1.43. The van der Waals surface area contributed by atoms with Gasteiger partial charge in [-0.3, -0.25) is 4.79 Å². The Bertz CT molecular complexity index is 268. The zero-order chi connectivity index (χ0) is 12.1. The van der Waals surface area contributed by atoms with Crippen LogP contribution in [0.4, 0.5) is 4.79 Å². The number of aliphatic carboxylic acids is 1. The Morgan fingerprint density at radius 2 is 2.25 bits per heavy atom. The highest BCUT2D eigenvalue weighted by Gasteiger charge is 2.26. The smallest absolute Gasteiger partial charge is 0.317 e. The van der Waals surface area contributed by atoms with Gasteiger partial charge in [0, 0.05) is 18.6 Å². The molecule has 16 heavy (non-hydrogen) atoms. The normalized spacial score (nSPS) is 21.9. The Labute approximate surface area is 95.8 Å². The first kappa shape index (κ1) is 12.8. The van der Waals surface area contributed by atoms with Crippen LogP contribution in [0.5, 0.6) is 0 Å². The number of amides is 2. The lowest BCUT2D eigenvalue weighted by Crippen LogP contribution is -2.46. The van der Waals surface area contributed by atoms with Gasteiger partial charge < -0.3 is 15.3 Å². The number of nitrogens with one attached hydrogen (secondary N) is 1. The summed E-state index contributed by atoms with van der Waals surface area (Å²) in [6, 6.07) is -0.127. The molecule has 1 aliphatic rings. The van der Waals surface area contributed by atoms with Gasteiger partial charge in [-0.15, -0.1) is 0 Å². The molecule has 1 aliphatic heterocycles. The third-order valence-corrected chi connectivity index (χ3v) is 3.06. The van der Waals surface area contributed by atoms with E-state index in [-0.39, 0.29) is 24.5 Å². The molecule has 0 aliphatic carbocycles. The van der Waals surface area contributed by atoms with Crippen molar-refractivity contribution in [2.75, 3.05) is 6.54 Å². The summed E-state index contributed by atoms with van der Waals surface area (Å²) < 4.78 is 0. The second-order valence-electron chi connectivity index (χ2n) is 4.34. The molecule has 2 amide bonds. The van der Waals surface area contributed by atoms with E-state index in [4.69, 9.17) is 5.11 Å². The van der Waals surface area contributed by atoms with Crippen LogP contribution in [0.15, 0.2) is 0 Å². The standard InChI is InChI=1S/C11H20N2O3/c1-3-9(7-10(14)15)12-11(16)13-6-4-5-8(13)2/h8-9H,3-7H2,1-2H3,(H,12,16)(H,14,15). The van der Waals surface area contributed by atoms with Crippen LogP contribution < -0.4 is 5.32 Å². The van der Waals surface area contributed by atoms with Gasteiger partial charge in [0.2, 0.25) is 0 Å². The van der Waals surface area contributed by atoms with Crippen LogP contribution in [0.2, 0.25) is 0 Å². The van der Waals surface area contributed by atoms with Crippen LogP contribution in [0, 0.1) is 0 Å². The van der Waals surface area contributed by atoms with Gasteiger partial charge in [-0.2, -0.15) is 0 Å². The average Bonchev–Trinajstić information content (AvgIpc) is 2.62. The first-order valence-corrected chi connectivity index (χ1v) is 5.83. The van der Waals surface area contributed by atoms with E-state index in [1.54, 1.807) is 4.90 Å². The van der Waals surface area contributed by atoms with Crippen LogP contribution in [0.25, 0.3) is 0 Å². The van der Waals surface area contributed by atoms with E-state index >= 15 is 0 Å². The molecule has 0 aromatic heterocycles. The molecular formula is C11H20N2O3. The lowest BCUT2D eigenvalue weighted by molar-refractivity contribution is -0.137. The van der Waals surface area contributed by atoms with E-state index in [0.29, 0.717) is 6.42 Å². The number of likely N-dealkylation sites (tertiary alicyclic amines) is 1. The molecule has 0 aromatic carbocycles. The van der Waals surface area contributed by atoms with Gasteiger partial charge in [0.25, 0.3) is 0 Å². The van der Waals surface area contributed by atoms with Crippen molar-refractivity contribution in [2.45, 2.75) is 51.6 Å². The van der Waals surface area contributed by atoms with Crippen molar-refractivity contribution < 1.29 is 14.7 Å². The summed E-state index contributed by atoms with van der Waals surface area (Å²) in [5.74, 6) is -0.873. The van der Waals surface area contributed by atoms with Gasteiger partial charge in [0.15, 0.2) is 0 Å². The lowest BCUT2D eigenvalue weighted by Gasteiger charge is -2.24. The molecule has 1 fully saturated rings. The number of carboxylic acids is 1. The second kappa shape index (κ2) is 5.72. The zero-order valence-corrected chi connectivity index (χ0v) is 9.90. The minimum Gasteiger partial charge on any atom is -0.481 e. The van der Waals surface area contributed by atoms with Crippen molar-refractivity contribution in [1.82, 2.24) is 10.2 Å². The lowest BCUT2D eigenvalue weighted by atomic mass is 10.1. The Kier molecular flexibility index (Phi) is 4.58. The SMILES string of the molecule is CCC(CC(=O)O)NC(=O)N1CCCC1C. The van der Waals surface area contributed by atoms with Crippen molar-refractivity contribution in [3.8, 4) is 0 Å². The molecule has 1 saturated heterocycles. The summed E-state index contributed by atoms with van der Waals surface area (Å²) in [5.41, 5.74) is 0. The minimum absolute atomic E-state index is 0.00946. The number of hydrogen-bond donors (Lipinski definition) is 2. The molecule has 2 atom stereocenters. The maximum atomic E-state index is 11.8. The van der Waals surface area contributed by atoms with E-state index in [0.717, 1.165) is 19.4 Å². The first-order chi connectivity index (χ1) is 7.54. The Balaban J connectivity index is 2.45. The zero-order valence-electron chi connectivity index (χ0n) is 9.90. The fourth-order valence-corrected chi connectivity index (χ4v) is 2.00. The third-order valence-electron chi connectivity index (χ3n) is 3.06. The van der Waals surface area contributed by atoms with E-state index in [1.165, 1.54) is 0 Å². The monoisotopic (exact) mass is 228 g/mol. The molecule has 92 valence electrons. The van der Waals surface area contributed by atoms with Gasteiger partial charge in [-0.25, -0.2) is 4.79 Å². The predicted molar refractivity (Wildman–Crippen MR) is 60.3 cm³/mol. The molecule has 0 saturated carbocycles. The number of carbonyl (C=O) groups excluding carboxylic acids is 1. The van der Waals surface area contributed by atoms with Crippen molar-refractivity contribution in [3.63, 3.8) is 0 Å². The highest BCUT2D eigenvalue weighted by molar-refractivity contribution is 5.76. The van der Waals surface area contributed by atoms with E-state index in [2.05, 4.69) is 5.32 Å². The number of urea groups is 1. The highest BCUT2D eigenvalue weighted by Crippen LogP contribution is 2.16. The average molecular weight is 228 g/mol. The van der Waals surface area contributed by atoms with Gasteiger partial charge in [0.1, 0.15) is 0 Å². The molecule has 1 heterocycles. The maximum absolute atomic E-state index is 11.8. The number of hydrogen-bond acceptors (Lipinski definition) is 2. The number of carbonyl (C=O) groups is 2. The van der Waals surface area contributed by atoms with Gasteiger partial charge in [-0.1, -0.05) is 6.92 Å². The van der Waals surface area contributed by atoms with Gasteiger partial charge in [-0.05, 0) is 26.2 Å². The van der Waals surface area contributed by atoms with Crippen molar-refractivity contribution in [1.29, 1.82) is 0 Å². The number of rotatable bonds is 4. The fraction of sp³-hybridized carbons (Fsp3) is 0.818. The quantitative estimate of drug-likeness (QED) is 0.764. The Morgan fingerprint density at radius 1 is 1.56 bits per heavy atom. The number of nitrogens with zero attached hydrogens (tertiary/aromatic N) is 1. The highest BCUT2D eigenvalue weighted by atomic mass is 16.4. The van der Waals surface area contributed by atoms with E-state index in [1.807, 2.05) is 13.8 Å². The van der Waals surface area contributed by atoms with E-state index in [9.17, 15) is 9.59 Å². The molecule has 0 spiro atoms. The van der Waals surface area contributed by atoms with Gasteiger partial charge >= 0.3 is 12.0 Å². The molecule has 0 bridgehead atoms. The molecule has 0 aromatic rings.